The van der Waals surface area contributed by atoms with Gasteiger partial charge >= 0.3 is 5.97 Å². The smallest absolute Gasteiger partial charge is 0.306 e. The van der Waals surface area contributed by atoms with Gasteiger partial charge in [-0.15, -0.1) is 11.3 Å². The van der Waals surface area contributed by atoms with Crippen LogP contribution in [0.3, 0.4) is 0 Å². The van der Waals surface area contributed by atoms with E-state index in [2.05, 4.69) is 30.5 Å². The minimum Gasteiger partial charge on any atom is -0.466 e. The topological polar surface area (TPSA) is 66.9 Å². The first kappa shape index (κ1) is 25.0. The van der Waals surface area contributed by atoms with Crippen LogP contribution in [-0.4, -0.2) is 53.3 Å². The van der Waals surface area contributed by atoms with Gasteiger partial charge in [0, 0.05) is 23.9 Å². The standard InChI is InChI=1S/C26H34N2O4S/c1-5-19(4)28(23(29)11-12-25(31)32-6-2)17-24(30)27-15-13-22-21(14-16-33-22)26(27)20-10-8-7-9-18(20)3/h7-10,14,16,19,26H,5-6,11-13,15,17H2,1-4H3/t19-,26-/m0/s1. The van der Waals surface area contributed by atoms with Crippen LogP contribution in [0.15, 0.2) is 35.7 Å². The van der Waals surface area contributed by atoms with E-state index in [1.165, 1.54) is 10.4 Å². The molecule has 0 aliphatic carbocycles. The molecule has 6 nitrogen and oxygen atoms in total. The van der Waals surface area contributed by atoms with Gasteiger partial charge in [-0.3, -0.25) is 14.4 Å². The van der Waals surface area contributed by atoms with Crippen LogP contribution in [-0.2, 0) is 25.5 Å². The summed E-state index contributed by atoms with van der Waals surface area (Å²) in [4.78, 5) is 43.2. The second-order valence-electron chi connectivity index (χ2n) is 8.48. The van der Waals surface area contributed by atoms with Crippen LogP contribution in [0, 0.1) is 6.92 Å². The molecule has 7 heteroatoms. The largest absolute Gasteiger partial charge is 0.466 e. The Morgan fingerprint density at radius 1 is 1.15 bits per heavy atom. The Balaban J connectivity index is 1.82. The maximum absolute atomic E-state index is 13.6. The van der Waals surface area contributed by atoms with Crippen molar-refractivity contribution in [3.8, 4) is 0 Å². The van der Waals surface area contributed by atoms with Gasteiger partial charge < -0.3 is 14.5 Å². The SMILES string of the molecule is CCOC(=O)CCC(=O)N(CC(=O)N1CCc2sccc2[C@@H]1c1ccccc1C)[C@@H](C)CC. The van der Waals surface area contributed by atoms with E-state index < -0.39 is 0 Å². The van der Waals surface area contributed by atoms with Crippen LogP contribution >= 0.6 is 11.3 Å². The van der Waals surface area contributed by atoms with Crippen molar-refractivity contribution in [2.75, 3.05) is 19.7 Å². The summed E-state index contributed by atoms with van der Waals surface area (Å²) in [6.45, 7) is 8.68. The molecular formula is C26H34N2O4S. The molecule has 0 saturated carbocycles. The minimum absolute atomic E-state index is 0.0124. The summed E-state index contributed by atoms with van der Waals surface area (Å²) in [6, 6.07) is 10.1. The van der Waals surface area contributed by atoms with Gasteiger partial charge in [-0.25, -0.2) is 0 Å². The molecule has 0 bridgehead atoms. The molecule has 0 radical (unpaired) electrons. The second kappa shape index (κ2) is 11.5. The zero-order valence-electron chi connectivity index (χ0n) is 20.0. The number of benzene rings is 1. The monoisotopic (exact) mass is 470 g/mol. The number of ether oxygens (including phenoxy) is 1. The number of amides is 2. The van der Waals surface area contributed by atoms with Crippen molar-refractivity contribution in [3.05, 3.63) is 57.3 Å². The first-order valence-electron chi connectivity index (χ1n) is 11.7. The molecule has 2 amide bonds. The van der Waals surface area contributed by atoms with Crippen molar-refractivity contribution in [1.29, 1.82) is 0 Å². The summed E-state index contributed by atoms with van der Waals surface area (Å²) in [6.07, 6.45) is 1.63. The van der Waals surface area contributed by atoms with Crippen LogP contribution in [0.4, 0.5) is 0 Å². The summed E-state index contributed by atoms with van der Waals surface area (Å²) >= 11 is 1.74. The molecule has 1 aliphatic rings. The third-order valence-electron chi connectivity index (χ3n) is 6.37. The fraction of sp³-hybridized carbons (Fsp3) is 0.500. The first-order chi connectivity index (χ1) is 15.9. The Labute approximate surface area is 200 Å². The average molecular weight is 471 g/mol. The molecule has 0 spiro atoms. The highest BCUT2D eigenvalue weighted by Gasteiger charge is 2.35. The Kier molecular flexibility index (Phi) is 8.67. The predicted molar refractivity (Wildman–Crippen MR) is 130 cm³/mol. The number of fused-ring (bicyclic) bond motifs is 1. The van der Waals surface area contributed by atoms with Gasteiger partial charge in [-0.05, 0) is 61.7 Å². The number of thiophene rings is 1. The Hall–Kier alpha value is -2.67. The van der Waals surface area contributed by atoms with Crippen molar-refractivity contribution >= 4 is 29.1 Å². The zero-order chi connectivity index (χ0) is 24.0. The van der Waals surface area contributed by atoms with Crippen LogP contribution in [0.5, 0.6) is 0 Å². The van der Waals surface area contributed by atoms with Crippen molar-refractivity contribution in [3.63, 3.8) is 0 Å². The second-order valence-corrected chi connectivity index (χ2v) is 9.48. The molecule has 33 heavy (non-hydrogen) atoms. The van der Waals surface area contributed by atoms with Crippen molar-refractivity contribution in [1.82, 2.24) is 9.80 Å². The molecule has 2 atom stereocenters. The van der Waals surface area contributed by atoms with Crippen LogP contribution < -0.4 is 0 Å². The summed E-state index contributed by atoms with van der Waals surface area (Å²) in [5, 5.41) is 2.09. The summed E-state index contributed by atoms with van der Waals surface area (Å²) in [7, 11) is 0. The van der Waals surface area contributed by atoms with E-state index in [-0.39, 0.29) is 49.3 Å². The highest BCUT2D eigenvalue weighted by Crippen LogP contribution is 2.39. The fourth-order valence-electron chi connectivity index (χ4n) is 4.35. The third kappa shape index (κ3) is 5.82. The van der Waals surface area contributed by atoms with Crippen LogP contribution in [0.2, 0.25) is 0 Å². The molecule has 2 heterocycles. The molecule has 1 aromatic heterocycles. The van der Waals surface area contributed by atoms with E-state index in [1.54, 1.807) is 23.2 Å². The fourth-order valence-corrected chi connectivity index (χ4v) is 5.25. The molecule has 0 fully saturated rings. The van der Waals surface area contributed by atoms with E-state index >= 15 is 0 Å². The minimum atomic E-state index is -0.387. The van der Waals surface area contributed by atoms with Gasteiger partial charge in [0.05, 0.1) is 19.1 Å². The summed E-state index contributed by atoms with van der Waals surface area (Å²) in [5.74, 6) is -0.641. The van der Waals surface area contributed by atoms with E-state index in [9.17, 15) is 14.4 Å². The highest BCUT2D eigenvalue weighted by molar-refractivity contribution is 7.10. The van der Waals surface area contributed by atoms with Crippen molar-refractivity contribution in [2.24, 2.45) is 0 Å². The van der Waals surface area contributed by atoms with E-state index in [0.29, 0.717) is 13.2 Å². The van der Waals surface area contributed by atoms with E-state index in [1.807, 2.05) is 30.9 Å². The van der Waals surface area contributed by atoms with Crippen LogP contribution in [0.1, 0.15) is 67.6 Å². The molecule has 0 N–H and O–H groups in total. The number of rotatable bonds is 9. The first-order valence-corrected chi connectivity index (χ1v) is 12.6. The molecule has 178 valence electrons. The van der Waals surface area contributed by atoms with Gasteiger partial charge in [-0.1, -0.05) is 31.2 Å². The van der Waals surface area contributed by atoms with Gasteiger partial charge in [-0.2, -0.15) is 0 Å². The van der Waals surface area contributed by atoms with Crippen molar-refractivity contribution < 1.29 is 19.1 Å². The maximum atomic E-state index is 13.6. The predicted octanol–water partition coefficient (Wildman–Crippen LogP) is 4.50. The highest BCUT2D eigenvalue weighted by atomic mass is 32.1. The number of hydrogen-bond donors (Lipinski definition) is 0. The van der Waals surface area contributed by atoms with Crippen LogP contribution in [0.25, 0.3) is 0 Å². The lowest BCUT2D eigenvalue weighted by Crippen LogP contribution is -2.49. The Morgan fingerprint density at radius 3 is 2.61 bits per heavy atom. The lowest BCUT2D eigenvalue weighted by Gasteiger charge is -2.39. The normalized spacial score (nSPS) is 16.1. The number of aryl methyl sites for hydroxylation is 1. The van der Waals surface area contributed by atoms with Gasteiger partial charge in [0.2, 0.25) is 11.8 Å². The third-order valence-corrected chi connectivity index (χ3v) is 7.36. The molecule has 0 unspecified atom stereocenters. The molecule has 3 rings (SSSR count). The molecule has 1 aromatic carbocycles. The molecule has 1 aliphatic heterocycles. The summed E-state index contributed by atoms with van der Waals surface area (Å²) in [5.41, 5.74) is 3.44. The van der Waals surface area contributed by atoms with E-state index in [4.69, 9.17) is 4.74 Å². The zero-order valence-corrected chi connectivity index (χ0v) is 20.8. The molecule has 2 aromatic rings. The lowest BCUT2D eigenvalue weighted by molar-refractivity contribution is -0.147. The lowest BCUT2D eigenvalue weighted by atomic mass is 9.90. The van der Waals surface area contributed by atoms with Gasteiger partial charge in [0.15, 0.2) is 0 Å². The van der Waals surface area contributed by atoms with Gasteiger partial charge in [0.1, 0.15) is 6.54 Å². The number of carbonyl (C=O) groups is 3. The van der Waals surface area contributed by atoms with Gasteiger partial charge in [0.25, 0.3) is 0 Å². The number of nitrogens with zero attached hydrogens (tertiary/aromatic N) is 2. The number of carbonyl (C=O) groups excluding carboxylic acids is 3. The van der Waals surface area contributed by atoms with E-state index in [0.717, 1.165) is 24.0 Å². The van der Waals surface area contributed by atoms with Crippen molar-refractivity contribution in [2.45, 2.75) is 65.5 Å². The quantitative estimate of drug-likeness (QED) is 0.506. The summed E-state index contributed by atoms with van der Waals surface area (Å²) < 4.78 is 4.95. The number of esters is 1. The molecular weight excluding hydrogens is 436 g/mol. The Bertz CT molecular complexity index is 986. The maximum Gasteiger partial charge on any atom is 0.306 e. The molecule has 0 saturated heterocycles. The number of hydrogen-bond acceptors (Lipinski definition) is 5. The Morgan fingerprint density at radius 2 is 1.91 bits per heavy atom. The average Bonchev–Trinajstić information content (AvgIpc) is 3.29.